The molecular formula is C15H17N5O4. The minimum atomic E-state index is -1.20. The molecule has 24 heavy (non-hydrogen) atoms. The van der Waals surface area contributed by atoms with Gasteiger partial charge in [-0.15, -0.1) is 0 Å². The molecule has 0 saturated carbocycles. The molecule has 1 aliphatic rings. The van der Waals surface area contributed by atoms with Crippen LogP contribution in [0.5, 0.6) is 0 Å². The van der Waals surface area contributed by atoms with E-state index in [0.717, 1.165) is 11.3 Å². The first-order valence-electron chi connectivity index (χ1n) is 7.49. The number of H-pyrrole nitrogens is 1. The first-order valence-corrected chi connectivity index (χ1v) is 7.49. The number of hydrogen-bond donors (Lipinski definition) is 5. The van der Waals surface area contributed by atoms with Gasteiger partial charge >= 0.3 is 0 Å². The predicted molar refractivity (Wildman–Crippen MR) is 84.7 cm³/mol. The third-order valence-corrected chi connectivity index (χ3v) is 4.32. The van der Waals surface area contributed by atoms with Crippen LogP contribution in [0.2, 0.25) is 0 Å². The van der Waals surface area contributed by atoms with Crippen molar-refractivity contribution in [3.63, 3.8) is 0 Å². The fourth-order valence-corrected chi connectivity index (χ4v) is 3.11. The smallest absolute Gasteiger partial charge is 0.164 e. The average Bonchev–Trinajstić information content (AvgIpc) is 3.28. The number of aromatic amines is 1. The molecule has 9 nitrogen and oxygen atoms in total. The van der Waals surface area contributed by atoms with E-state index < -0.39 is 31.1 Å². The van der Waals surface area contributed by atoms with Crippen LogP contribution in [0.3, 0.4) is 0 Å². The molecule has 6 N–H and O–H groups in total. The Balaban J connectivity index is 1.90. The van der Waals surface area contributed by atoms with Gasteiger partial charge in [-0.3, -0.25) is 0 Å². The summed E-state index contributed by atoms with van der Waals surface area (Å²) in [6.07, 6.45) is 0.699. The first-order chi connectivity index (χ1) is 11.6. The fourth-order valence-electron chi connectivity index (χ4n) is 3.11. The summed E-state index contributed by atoms with van der Waals surface area (Å²) in [6, 6.07) is 3.73. The standard InChI is InChI=1S/C15H17N5O4/c16-13-10-7(8-2-1-3-17-8)4-20(14(10)19-6-18-13)15-12(23)11(22)9(5-21)24-15/h1-4,6,9,11-12,15,17,21-23H,5H2,(H2,16,18,19)/t9-,11?,12?,15-/m1/s1. The SMILES string of the molecule is Nc1ncnc2c1c(-c1ccc[nH]1)cn2[C@@H]1O[C@H](CO)C(O)C1O. The van der Waals surface area contributed by atoms with Gasteiger partial charge in [-0.25, -0.2) is 9.97 Å². The Morgan fingerprint density at radius 3 is 2.79 bits per heavy atom. The lowest BCUT2D eigenvalue weighted by Crippen LogP contribution is -2.33. The maximum Gasteiger partial charge on any atom is 0.164 e. The van der Waals surface area contributed by atoms with E-state index in [1.165, 1.54) is 6.33 Å². The van der Waals surface area contributed by atoms with Crippen molar-refractivity contribution in [2.45, 2.75) is 24.5 Å². The second-order valence-electron chi connectivity index (χ2n) is 5.72. The number of fused-ring (bicyclic) bond motifs is 1. The molecule has 4 heterocycles. The number of aliphatic hydroxyl groups is 3. The molecule has 0 aliphatic carbocycles. The van der Waals surface area contributed by atoms with Crippen LogP contribution in [0, 0.1) is 0 Å². The molecule has 2 unspecified atom stereocenters. The second-order valence-corrected chi connectivity index (χ2v) is 5.72. The zero-order valence-electron chi connectivity index (χ0n) is 12.6. The van der Waals surface area contributed by atoms with Gasteiger partial charge < -0.3 is 35.3 Å². The molecule has 4 rings (SSSR count). The summed E-state index contributed by atoms with van der Waals surface area (Å²) in [5.41, 5.74) is 8.06. The van der Waals surface area contributed by atoms with Crippen LogP contribution in [-0.4, -0.2) is 59.8 Å². The largest absolute Gasteiger partial charge is 0.394 e. The van der Waals surface area contributed by atoms with E-state index in [1.54, 1.807) is 17.0 Å². The van der Waals surface area contributed by atoms with Crippen molar-refractivity contribution in [1.29, 1.82) is 0 Å². The first kappa shape index (κ1) is 15.1. The van der Waals surface area contributed by atoms with E-state index in [9.17, 15) is 15.3 Å². The molecule has 1 fully saturated rings. The zero-order valence-corrected chi connectivity index (χ0v) is 12.6. The highest BCUT2D eigenvalue weighted by Crippen LogP contribution is 2.37. The van der Waals surface area contributed by atoms with Gasteiger partial charge in [0.25, 0.3) is 0 Å². The number of rotatable bonds is 3. The minimum Gasteiger partial charge on any atom is -0.394 e. The van der Waals surface area contributed by atoms with Gasteiger partial charge in [-0.2, -0.15) is 0 Å². The maximum absolute atomic E-state index is 10.3. The summed E-state index contributed by atoms with van der Waals surface area (Å²) in [5, 5.41) is 30.2. The van der Waals surface area contributed by atoms with Gasteiger partial charge in [0.1, 0.15) is 36.1 Å². The quantitative estimate of drug-likeness (QED) is 0.440. The number of nitrogens with one attached hydrogen (secondary N) is 1. The number of hydrogen-bond acceptors (Lipinski definition) is 7. The van der Waals surface area contributed by atoms with Gasteiger partial charge in [0.2, 0.25) is 0 Å². The molecule has 0 aromatic carbocycles. The molecule has 4 atom stereocenters. The van der Waals surface area contributed by atoms with E-state index >= 15 is 0 Å². The summed E-state index contributed by atoms with van der Waals surface area (Å²) >= 11 is 0. The van der Waals surface area contributed by atoms with Crippen molar-refractivity contribution in [3.05, 3.63) is 30.9 Å². The third-order valence-electron chi connectivity index (χ3n) is 4.32. The van der Waals surface area contributed by atoms with Gasteiger partial charge in [0.05, 0.1) is 12.0 Å². The molecule has 1 saturated heterocycles. The topological polar surface area (TPSA) is 142 Å². The molecule has 0 spiro atoms. The fraction of sp³-hybridized carbons (Fsp3) is 0.333. The molecule has 3 aromatic heterocycles. The van der Waals surface area contributed by atoms with Gasteiger partial charge in [-0.05, 0) is 12.1 Å². The summed E-state index contributed by atoms with van der Waals surface area (Å²) in [5.74, 6) is 0.301. The van der Waals surface area contributed by atoms with E-state index in [0.29, 0.717) is 16.9 Å². The van der Waals surface area contributed by atoms with Crippen LogP contribution >= 0.6 is 0 Å². The second kappa shape index (κ2) is 5.56. The Morgan fingerprint density at radius 1 is 1.29 bits per heavy atom. The average molecular weight is 331 g/mol. The van der Waals surface area contributed by atoms with Crippen LogP contribution in [-0.2, 0) is 4.74 Å². The third kappa shape index (κ3) is 2.10. The Bertz CT molecular complexity index is 862. The molecule has 1 aliphatic heterocycles. The van der Waals surface area contributed by atoms with Crippen LogP contribution in [0.15, 0.2) is 30.9 Å². The van der Waals surface area contributed by atoms with E-state index in [-0.39, 0.29) is 0 Å². The Hall–Kier alpha value is -2.46. The monoisotopic (exact) mass is 331 g/mol. The number of aromatic nitrogens is 4. The maximum atomic E-state index is 10.3. The highest BCUT2D eigenvalue weighted by molar-refractivity contribution is 5.99. The van der Waals surface area contributed by atoms with Crippen molar-refractivity contribution in [2.24, 2.45) is 0 Å². The van der Waals surface area contributed by atoms with Crippen molar-refractivity contribution in [2.75, 3.05) is 12.3 Å². The number of anilines is 1. The minimum absolute atomic E-state index is 0.301. The van der Waals surface area contributed by atoms with Gasteiger partial charge in [-0.1, -0.05) is 0 Å². The predicted octanol–water partition coefficient (Wildman–Crippen LogP) is -0.380. The molecule has 0 amide bonds. The number of nitrogens with two attached hydrogens (primary N) is 1. The van der Waals surface area contributed by atoms with Crippen molar-refractivity contribution in [1.82, 2.24) is 19.5 Å². The van der Waals surface area contributed by atoms with Crippen LogP contribution in [0.25, 0.3) is 22.3 Å². The molecular weight excluding hydrogens is 314 g/mol. The normalized spacial score (nSPS) is 27.1. The van der Waals surface area contributed by atoms with Crippen molar-refractivity contribution >= 4 is 16.9 Å². The Morgan fingerprint density at radius 2 is 2.12 bits per heavy atom. The lowest BCUT2D eigenvalue weighted by atomic mass is 10.1. The summed E-state index contributed by atoms with van der Waals surface area (Å²) in [6.45, 7) is -0.394. The highest BCUT2D eigenvalue weighted by Gasteiger charge is 2.44. The van der Waals surface area contributed by atoms with E-state index in [4.69, 9.17) is 10.5 Å². The molecule has 126 valence electrons. The van der Waals surface area contributed by atoms with Crippen molar-refractivity contribution < 1.29 is 20.1 Å². The van der Waals surface area contributed by atoms with Crippen LogP contribution in [0.1, 0.15) is 6.23 Å². The summed E-state index contributed by atoms with van der Waals surface area (Å²) < 4.78 is 7.21. The van der Waals surface area contributed by atoms with Crippen molar-refractivity contribution in [3.8, 4) is 11.3 Å². The van der Waals surface area contributed by atoms with Gasteiger partial charge in [0, 0.05) is 23.7 Å². The Kier molecular flexibility index (Phi) is 3.50. The van der Waals surface area contributed by atoms with Crippen LogP contribution < -0.4 is 5.73 Å². The van der Waals surface area contributed by atoms with Crippen LogP contribution in [0.4, 0.5) is 5.82 Å². The lowest BCUT2D eigenvalue weighted by molar-refractivity contribution is -0.0508. The highest BCUT2D eigenvalue weighted by atomic mass is 16.6. The number of aliphatic hydroxyl groups excluding tert-OH is 3. The number of nitrogen functional groups attached to an aromatic ring is 1. The lowest BCUT2D eigenvalue weighted by Gasteiger charge is -2.17. The summed E-state index contributed by atoms with van der Waals surface area (Å²) in [7, 11) is 0. The summed E-state index contributed by atoms with van der Waals surface area (Å²) in [4.78, 5) is 11.4. The zero-order chi connectivity index (χ0) is 16.8. The van der Waals surface area contributed by atoms with E-state index in [2.05, 4.69) is 15.0 Å². The molecule has 0 bridgehead atoms. The van der Waals surface area contributed by atoms with Gasteiger partial charge in [0.15, 0.2) is 6.23 Å². The number of nitrogens with zero attached hydrogens (tertiary/aromatic N) is 3. The van der Waals surface area contributed by atoms with E-state index in [1.807, 2.05) is 12.1 Å². The number of ether oxygens (including phenoxy) is 1. The molecule has 9 heteroatoms. The Labute approximate surface area is 136 Å². The molecule has 3 aromatic rings. The molecule has 0 radical (unpaired) electrons.